The van der Waals surface area contributed by atoms with E-state index >= 15 is 0 Å². The standard InChI is InChI=1S/C22H19N3O2S/c26-21(18-7-3-5-15-4-1-2-6-17(15)18)23-16-8-9-19-20(14-16)28-22(24-19)25-10-12-27-13-11-25/h1-9,14H,10-13H2,(H,23,26). The summed E-state index contributed by atoms with van der Waals surface area (Å²) in [5, 5.41) is 6.06. The van der Waals surface area contributed by atoms with Crippen LogP contribution in [0.25, 0.3) is 21.0 Å². The van der Waals surface area contributed by atoms with Crippen LogP contribution in [0.5, 0.6) is 0 Å². The van der Waals surface area contributed by atoms with Gasteiger partial charge in [0.1, 0.15) is 0 Å². The minimum atomic E-state index is -0.103. The summed E-state index contributed by atoms with van der Waals surface area (Å²) in [6.45, 7) is 3.21. The van der Waals surface area contributed by atoms with Crippen LogP contribution in [0.4, 0.5) is 10.8 Å². The summed E-state index contributed by atoms with van der Waals surface area (Å²) in [5.41, 5.74) is 2.41. The Hall–Kier alpha value is -2.96. The second-order valence-corrected chi connectivity index (χ2v) is 7.77. The molecule has 0 radical (unpaired) electrons. The normalized spacial score (nSPS) is 14.5. The number of anilines is 2. The van der Waals surface area contributed by atoms with Gasteiger partial charge in [-0.05, 0) is 35.0 Å². The Morgan fingerprint density at radius 1 is 1.04 bits per heavy atom. The van der Waals surface area contributed by atoms with Gasteiger partial charge in [0.15, 0.2) is 5.13 Å². The predicted octanol–water partition coefficient (Wildman–Crippen LogP) is 4.54. The van der Waals surface area contributed by atoms with Crippen LogP contribution in [0.1, 0.15) is 10.4 Å². The molecule has 1 saturated heterocycles. The molecule has 3 aromatic carbocycles. The number of benzene rings is 3. The minimum absolute atomic E-state index is 0.103. The van der Waals surface area contributed by atoms with Crippen molar-refractivity contribution in [1.82, 2.24) is 4.98 Å². The van der Waals surface area contributed by atoms with Gasteiger partial charge in [0.25, 0.3) is 5.91 Å². The van der Waals surface area contributed by atoms with Gasteiger partial charge in [0, 0.05) is 24.3 Å². The van der Waals surface area contributed by atoms with Gasteiger partial charge in [-0.25, -0.2) is 4.98 Å². The minimum Gasteiger partial charge on any atom is -0.378 e. The lowest BCUT2D eigenvalue weighted by Crippen LogP contribution is -2.36. The number of amides is 1. The predicted molar refractivity (Wildman–Crippen MR) is 115 cm³/mol. The van der Waals surface area contributed by atoms with Crippen LogP contribution in [0.15, 0.2) is 60.7 Å². The molecule has 1 N–H and O–H groups in total. The van der Waals surface area contributed by atoms with Crippen molar-refractivity contribution < 1.29 is 9.53 Å². The number of aromatic nitrogens is 1. The fourth-order valence-corrected chi connectivity index (χ4v) is 4.56. The quantitative estimate of drug-likeness (QED) is 0.559. The Bertz CT molecular complexity index is 1160. The molecular weight excluding hydrogens is 370 g/mol. The van der Waals surface area contributed by atoms with Crippen LogP contribution >= 0.6 is 11.3 Å². The van der Waals surface area contributed by atoms with Gasteiger partial charge >= 0.3 is 0 Å². The number of ether oxygens (including phenoxy) is 1. The highest BCUT2D eigenvalue weighted by Crippen LogP contribution is 2.31. The number of nitrogens with zero attached hydrogens (tertiary/aromatic N) is 2. The number of rotatable bonds is 3. The fourth-order valence-electron chi connectivity index (χ4n) is 3.50. The van der Waals surface area contributed by atoms with E-state index in [0.717, 1.165) is 58.1 Å². The number of fused-ring (bicyclic) bond motifs is 2. The van der Waals surface area contributed by atoms with Gasteiger partial charge in [0.05, 0.1) is 23.4 Å². The smallest absolute Gasteiger partial charge is 0.256 e. The maximum absolute atomic E-state index is 12.9. The van der Waals surface area contributed by atoms with Gasteiger partial charge in [-0.15, -0.1) is 0 Å². The van der Waals surface area contributed by atoms with E-state index in [4.69, 9.17) is 9.72 Å². The molecule has 0 spiro atoms. The molecule has 1 aliphatic rings. The summed E-state index contributed by atoms with van der Waals surface area (Å²) in [7, 11) is 0. The van der Waals surface area contributed by atoms with Crippen LogP contribution < -0.4 is 10.2 Å². The second-order valence-electron chi connectivity index (χ2n) is 6.76. The molecule has 5 nitrogen and oxygen atoms in total. The van der Waals surface area contributed by atoms with Gasteiger partial charge in [-0.1, -0.05) is 47.7 Å². The van der Waals surface area contributed by atoms with Crippen molar-refractivity contribution in [3.8, 4) is 0 Å². The lowest BCUT2D eigenvalue weighted by Gasteiger charge is -2.25. The first-order chi connectivity index (χ1) is 13.8. The Balaban J connectivity index is 1.42. The van der Waals surface area contributed by atoms with E-state index in [1.807, 2.05) is 60.7 Å². The van der Waals surface area contributed by atoms with Crippen LogP contribution in [-0.4, -0.2) is 37.2 Å². The number of morpholine rings is 1. The molecule has 4 aromatic rings. The number of carbonyl (C=O) groups is 1. The van der Waals surface area contributed by atoms with Crippen molar-refractivity contribution >= 4 is 49.1 Å². The maximum atomic E-state index is 12.9. The first-order valence-corrected chi connectivity index (χ1v) is 10.1. The molecule has 0 unspecified atom stereocenters. The van der Waals surface area contributed by atoms with Gasteiger partial charge < -0.3 is 15.0 Å². The van der Waals surface area contributed by atoms with Crippen molar-refractivity contribution in [1.29, 1.82) is 0 Å². The molecule has 0 saturated carbocycles. The molecule has 1 aliphatic heterocycles. The average Bonchev–Trinajstić information content (AvgIpc) is 3.17. The second kappa shape index (κ2) is 7.22. The van der Waals surface area contributed by atoms with E-state index in [1.54, 1.807) is 11.3 Å². The summed E-state index contributed by atoms with van der Waals surface area (Å²) in [6, 6.07) is 19.6. The lowest BCUT2D eigenvalue weighted by molar-refractivity contribution is 0.102. The van der Waals surface area contributed by atoms with Gasteiger partial charge in [-0.2, -0.15) is 0 Å². The number of hydrogen-bond donors (Lipinski definition) is 1. The van der Waals surface area contributed by atoms with Crippen LogP contribution in [-0.2, 0) is 4.74 Å². The number of carbonyl (C=O) groups excluding carboxylic acids is 1. The molecule has 1 fully saturated rings. The largest absolute Gasteiger partial charge is 0.378 e. The average molecular weight is 389 g/mol. The maximum Gasteiger partial charge on any atom is 0.256 e. The zero-order chi connectivity index (χ0) is 18.9. The highest BCUT2D eigenvalue weighted by molar-refractivity contribution is 7.22. The van der Waals surface area contributed by atoms with Gasteiger partial charge in [0.2, 0.25) is 0 Å². The van der Waals surface area contributed by atoms with E-state index in [2.05, 4.69) is 10.2 Å². The molecule has 2 heterocycles. The molecule has 28 heavy (non-hydrogen) atoms. The summed E-state index contributed by atoms with van der Waals surface area (Å²) < 4.78 is 6.49. The molecule has 6 heteroatoms. The van der Waals surface area contributed by atoms with Crippen LogP contribution in [0, 0.1) is 0 Å². The fraction of sp³-hybridized carbons (Fsp3) is 0.182. The first kappa shape index (κ1) is 17.2. The third-order valence-electron chi connectivity index (χ3n) is 4.95. The zero-order valence-corrected chi connectivity index (χ0v) is 16.0. The Morgan fingerprint density at radius 2 is 1.86 bits per heavy atom. The van der Waals surface area contributed by atoms with Crippen molar-refractivity contribution in [3.63, 3.8) is 0 Å². The van der Waals surface area contributed by atoms with E-state index in [0.29, 0.717) is 5.56 Å². The summed E-state index contributed by atoms with van der Waals surface area (Å²) in [4.78, 5) is 19.9. The molecular formula is C22H19N3O2S. The Kier molecular flexibility index (Phi) is 4.43. The molecule has 5 rings (SSSR count). The van der Waals surface area contributed by atoms with Crippen molar-refractivity contribution in [2.75, 3.05) is 36.5 Å². The Morgan fingerprint density at radius 3 is 2.75 bits per heavy atom. The third kappa shape index (κ3) is 3.21. The molecule has 0 atom stereocenters. The third-order valence-corrected chi connectivity index (χ3v) is 6.03. The van der Waals surface area contributed by atoms with E-state index in [1.165, 1.54) is 0 Å². The van der Waals surface area contributed by atoms with Crippen LogP contribution in [0.2, 0.25) is 0 Å². The highest BCUT2D eigenvalue weighted by atomic mass is 32.1. The zero-order valence-electron chi connectivity index (χ0n) is 15.2. The van der Waals surface area contributed by atoms with Gasteiger partial charge in [-0.3, -0.25) is 4.79 Å². The Labute approximate surface area is 166 Å². The summed E-state index contributed by atoms with van der Waals surface area (Å²) >= 11 is 1.65. The van der Waals surface area contributed by atoms with Crippen LogP contribution in [0.3, 0.4) is 0 Å². The molecule has 1 amide bonds. The van der Waals surface area contributed by atoms with Crippen molar-refractivity contribution in [3.05, 3.63) is 66.2 Å². The SMILES string of the molecule is O=C(Nc1ccc2nc(N3CCOCC3)sc2c1)c1cccc2ccccc12. The summed E-state index contributed by atoms with van der Waals surface area (Å²) in [6.07, 6.45) is 0. The highest BCUT2D eigenvalue weighted by Gasteiger charge is 2.16. The molecule has 0 bridgehead atoms. The topological polar surface area (TPSA) is 54.5 Å². The molecule has 1 aromatic heterocycles. The lowest BCUT2D eigenvalue weighted by atomic mass is 10.0. The summed E-state index contributed by atoms with van der Waals surface area (Å²) in [5.74, 6) is -0.103. The monoisotopic (exact) mass is 389 g/mol. The molecule has 0 aliphatic carbocycles. The van der Waals surface area contributed by atoms with E-state index < -0.39 is 0 Å². The van der Waals surface area contributed by atoms with Crippen molar-refractivity contribution in [2.24, 2.45) is 0 Å². The molecule has 140 valence electrons. The van der Waals surface area contributed by atoms with Crippen molar-refractivity contribution in [2.45, 2.75) is 0 Å². The first-order valence-electron chi connectivity index (χ1n) is 9.30. The number of thiazole rings is 1. The van der Waals surface area contributed by atoms with E-state index in [9.17, 15) is 4.79 Å². The van der Waals surface area contributed by atoms with E-state index in [-0.39, 0.29) is 5.91 Å². The number of nitrogens with one attached hydrogen (secondary N) is 1. The number of hydrogen-bond acceptors (Lipinski definition) is 5.